The summed E-state index contributed by atoms with van der Waals surface area (Å²) in [6, 6.07) is 0. The molecule has 0 N–H and O–H groups in total. The number of carbonyl (C=O) groups excluding carboxylic acids is 2. The Morgan fingerprint density at radius 1 is 0.323 bits per heavy atom. The van der Waals surface area contributed by atoms with Gasteiger partial charge in [0.25, 0.3) is 7.82 Å². The SMILES string of the molecule is CC/C=C\C/C=C\C/C=C\C/C=C\C/C=C\C/C=C\C/C=C\CCCCCCCCCCCCCCCCCCCC(=O)OC(COC(=O)CCCCCCCCCCCCCCCCCCCCCCCCCCCCCCCCCCCCCC)COP(=O)([O-])OCC[N+](C)(C)C. The highest BCUT2D eigenvalue weighted by molar-refractivity contribution is 7.45. The van der Waals surface area contributed by atoms with Crippen molar-refractivity contribution in [3.8, 4) is 0 Å². The third kappa shape index (κ3) is 84.0. The van der Waals surface area contributed by atoms with Crippen LogP contribution in [0, 0.1) is 0 Å². The number of rotatable bonds is 80. The fraction of sp³-hybridized carbons (Fsp3) is 0.820. The van der Waals surface area contributed by atoms with E-state index in [0.29, 0.717) is 17.4 Å². The summed E-state index contributed by atoms with van der Waals surface area (Å²) in [6.45, 7) is 4.20. The van der Waals surface area contributed by atoms with E-state index in [2.05, 4.69) is 98.9 Å². The minimum absolute atomic E-state index is 0.0299. The molecule has 0 rings (SSSR count). The molecule has 0 saturated heterocycles. The van der Waals surface area contributed by atoms with Gasteiger partial charge < -0.3 is 27.9 Å². The van der Waals surface area contributed by atoms with Crippen LogP contribution in [0.4, 0.5) is 0 Å². The average Bonchev–Trinajstić information content (AvgIpc) is 0.989. The number of hydrogen-bond donors (Lipinski definition) is 0. The zero-order valence-corrected chi connectivity index (χ0v) is 67.1. The van der Waals surface area contributed by atoms with Crippen LogP contribution in [0.1, 0.15) is 418 Å². The zero-order valence-electron chi connectivity index (χ0n) is 66.2. The van der Waals surface area contributed by atoms with Crippen molar-refractivity contribution in [1.82, 2.24) is 0 Å². The predicted molar refractivity (Wildman–Crippen MR) is 429 cm³/mol. The van der Waals surface area contributed by atoms with Gasteiger partial charge in [0.05, 0.1) is 27.7 Å². The Hall–Kier alpha value is -2.81. The van der Waals surface area contributed by atoms with Crippen molar-refractivity contribution in [3.63, 3.8) is 0 Å². The van der Waals surface area contributed by atoms with Gasteiger partial charge in [0, 0.05) is 12.8 Å². The Kier molecular flexibility index (Phi) is 77.1. The third-order valence-electron chi connectivity index (χ3n) is 19.2. The average molecular weight is 1410 g/mol. The van der Waals surface area contributed by atoms with E-state index >= 15 is 0 Å². The second-order valence-corrected chi connectivity index (χ2v) is 31.6. The van der Waals surface area contributed by atoms with Crippen LogP contribution in [0.2, 0.25) is 0 Å². The molecule has 10 heteroatoms. The molecule has 0 aliphatic carbocycles. The highest BCUT2D eigenvalue weighted by atomic mass is 31.2. The number of esters is 2. The van der Waals surface area contributed by atoms with E-state index in [1.54, 1.807) is 0 Å². The lowest BCUT2D eigenvalue weighted by atomic mass is 10.0. The van der Waals surface area contributed by atoms with Crippen LogP contribution in [0.15, 0.2) is 85.1 Å². The predicted octanol–water partition coefficient (Wildman–Crippen LogP) is 28.2. The van der Waals surface area contributed by atoms with E-state index in [4.69, 9.17) is 18.5 Å². The first kappa shape index (κ1) is 96.2. The van der Waals surface area contributed by atoms with Gasteiger partial charge >= 0.3 is 11.9 Å². The summed E-state index contributed by atoms with van der Waals surface area (Å²) in [5.41, 5.74) is 0. The molecule has 0 aromatic carbocycles. The summed E-state index contributed by atoms with van der Waals surface area (Å²) in [7, 11) is 1.18. The number of nitrogens with zero attached hydrogens (tertiary/aromatic N) is 1. The van der Waals surface area contributed by atoms with Gasteiger partial charge in [-0.2, -0.15) is 0 Å². The smallest absolute Gasteiger partial charge is 0.306 e. The number of unbranched alkanes of at least 4 members (excludes halogenated alkanes) is 52. The van der Waals surface area contributed by atoms with E-state index in [0.717, 1.165) is 83.5 Å². The van der Waals surface area contributed by atoms with Crippen LogP contribution >= 0.6 is 7.82 Å². The Labute approximate surface area is 615 Å². The molecule has 0 saturated carbocycles. The van der Waals surface area contributed by atoms with Crippen molar-refractivity contribution in [1.29, 1.82) is 0 Å². The summed E-state index contributed by atoms with van der Waals surface area (Å²) >= 11 is 0. The maximum Gasteiger partial charge on any atom is 0.306 e. The molecule has 0 aromatic rings. The molecule has 2 atom stereocenters. The number of allylic oxidation sites excluding steroid dienone is 14. The van der Waals surface area contributed by atoms with E-state index in [1.165, 1.54) is 302 Å². The molecule has 9 nitrogen and oxygen atoms in total. The summed E-state index contributed by atoms with van der Waals surface area (Å²) in [5, 5.41) is 0. The molecule has 0 aliphatic rings. The molecule has 0 spiro atoms. The lowest BCUT2D eigenvalue weighted by molar-refractivity contribution is -0.870. The van der Waals surface area contributed by atoms with Gasteiger partial charge in [-0.15, -0.1) is 0 Å². The van der Waals surface area contributed by atoms with Crippen molar-refractivity contribution in [2.45, 2.75) is 424 Å². The maximum absolute atomic E-state index is 12.9. The fourth-order valence-corrected chi connectivity index (χ4v) is 13.4. The van der Waals surface area contributed by atoms with Crippen LogP contribution in [0.25, 0.3) is 0 Å². The van der Waals surface area contributed by atoms with Crippen LogP contribution < -0.4 is 4.89 Å². The molecule has 0 fully saturated rings. The summed E-state index contributed by atoms with van der Waals surface area (Å²) < 4.78 is 34.5. The lowest BCUT2D eigenvalue weighted by Crippen LogP contribution is -2.37. The number of likely N-dealkylation sites (N-methyl/N-ethyl adjacent to an activating group) is 1. The molecule has 0 heterocycles. The fourth-order valence-electron chi connectivity index (χ4n) is 12.7. The quantitative estimate of drug-likeness (QED) is 0.0195. The standard InChI is InChI=1S/C89H164NO8P/c1-6-8-10-12-14-16-18-20-22-24-26-28-30-32-34-36-38-40-42-44-45-46-48-50-52-54-56-58-60-62-64-66-68-70-72-74-76-78-80-82-89(92)98-87(86-97-99(93,94)96-84-83-90(3,4)5)85-95-88(91)81-79-77-75-73-71-69-67-65-63-61-59-57-55-53-51-49-47-43-41-39-37-35-33-31-29-27-25-23-21-19-17-15-13-11-9-7-2/h8,10,14,16,20,22,26,28,32,34,38,40,44-45,87H,6-7,9,11-13,15,17-19,21,23-25,27,29-31,33,35-37,39,41-43,46-86H2,1-5H3/b10-8-,16-14-,22-20-,28-26-,34-32-,40-38-,45-44-. The molecule has 2 unspecified atom stereocenters. The molecule has 0 radical (unpaired) electrons. The van der Waals surface area contributed by atoms with Gasteiger partial charge in [0.1, 0.15) is 19.8 Å². The molecular weight excluding hydrogens is 1240 g/mol. The van der Waals surface area contributed by atoms with Gasteiger partial charge in [0.2, 0.25) is 0 Å². The number of ether oxygens (including phenoxy) is 2. The summed E-state index contributed by atoms with van der Waals surface area (Å²) in [4.78, 5) is 38.2. The molecule has 0 amide bonds. The highest BCUT2D eigenvalue weighted by Gasteiger charge is 2.22. The van der Waals surface area contributed by atoms with Crippen LogP contribution in [0.5, 0.6) is 0 Å². The second-order valence-electron chi connectivity index (χ2n) is 30.2. The number of phosphoric ester groups is 1. The molecule has 0 bridgehead atoms. The van der Waals surface area contributed by atoms with Gasteiger partial charge in [0.15, 0.2) is 6.10 Å². The summed E-state index contributed by atoms with van der Waals surface area (Å²) in [5.74, 6) is -0.812. The summed E-state index contributed by atoms with van der Waals surface area (Å²) in [6.07, 6.45) is 110. The molecule has 0 aliphatic heterocycles. The zero-order chi connectivity index (χ0) is 71.8. The third-order valence-corrected chi connectivity index (χ3v) is 20.1. The molecule has 0 aromatic heterocycles. The Morgan fingerprint density at radius 2 is 0.576 bits per heavy atom. The first-order valence-electron chi connectivity index (χ1n) is 42.8. The largest absolute Gasteiger partial charge is 0.756 e. The Bertz CT molecular complexity index is 1950. The second kappa shape index (κ2) is 79.3. The van der Waals surface area contributed by atoms with Crippen molar-refractivity contribution in [2.24, 2.45) is 0 Å². The minimum Gasteiger partial charge on any atom is -0.756 e. The van der Waals surface area contributed by atoms with Gasteiger partial charge in [-0.05, 0) is 70.6 Å². The van der Waals surface area contributed by atoms with Crippen LogP contribution in [0.3, 0.4) is 0 Å². The number of quaternary nitrogens is 1. The van der Waals surface area contributed by atoms with Crippen molar-refractivity contribution in [3.05, 3.63) is 85.1 Å². The monoisotopic (exact) mass is 1410 g/mol. The number of phosphoric acid groups is 1. The molecular formula is C89H164NO8P. The van der Waals surface area contributed by atoms with Crippen LogP contribution in [-0.4, -0.2) is 70.0 Å². The minimum atomic E-state index is -4.65. The number of carbonyl (C=O) groups is 2. The van der Waals surface area contributed by atoms with Gasteiger partial charge in [-0.1, -0.05) is 420 Å². The number of hydrogen-bond acceptors (Lipinski definition) is 8. The molecule has 578 valence electrons. The first-order chi connectivity index (χ1) is 48.5. The highest BCUT2D eigenvalue weighted by Crippen LogP contribution is 2.38. The normalized spacial score (nSPS) is 13.4. The Balaban J connectivity index is 3.90. The molecule has 99 heavy (non-hydrogen) atoms. The van der Waals surface area contributed by atoms with Gasteiger partial charge in [-0.25, -0.2) is 0 Å². The lowest BCUT2D eigenvalue weighted by Gasteiger charge is -2.28. The van der Waals surface area contributed by atoms with E-state index in [1.807, 2.05) is 21.1 Å². The van der Waals surface area contributed by atoms with Crippen molar-refractivity contribution < 1.29 is 42.1 Å². The Morgan fingerprint density at radius 3 is 0.859 bits per heavy atom. The van der Waals surface area contributed by atoms with Crippen molar-refractivity contribution >= 4 is 19.8 Å². The maximum atomic E-state index is 12.9. The van der Waals surface area contributed by atoms with Crippen LogP contribution in [-0.2, 0) is 32.7 Å². The van der Waals surface area contributed by atoms with E-state index in [-0.39, 0.29) is 32.0 Å². The van der Waals surface area contributed by atoms with E-state index < -0.39 is 26.5 Å². The van der Waals surface area contributed by atoms with E-state index in [9.17, 15) is 19.0 Å². The van der Waals surface area contributed by atoms with Crippen molar-refractivity contribution in [2.75, 3.05) is 47.5 Å². The topological polar surface area (TPSA) is 111 Å². The first-order valence-corrected chi connectivity index (χ1v) is 44.3. The van der Waals surface area contributed by atoms with Gasteiger partial charge in [-0.3, -0.25) is 14.2 Å².